The molecular formula is C27H25Cl2N3O4. The van der Waals surface area contributed by atoms with Crippen molar-refractivity contribution in [2.45, 2.75) is 19.9 Å². The Labute approximate surface area is 219 Å². The van der Waals surface area contributed by atoms with E-state index in [9.17, 15) is 14.4 Å². The maximum absolute atomic E-state index is 12.6. The Kier molecular flexibility index (Phi) is 8.13. The molecule has 1 aliphatic heterocycles. The zero-order chi connectivity index (χ0) is 25.7. The molecule has 1 atom stereocenters. The third kappa shape index (κ3) is 6.56. The van der Waals surface area contributed by atoms with Gasteiger partial charge in [-0.15, -0.1) is 0 Å². The highest BCUT2D eigenvalue weighted by Gasteiger charge is 2.35. The fourth-order valence-electron chi connectivity index (χ4n) is 3.81. The van der Waals surface area contributed by atoms with Gasteiger partial charge < -0.3 is 20.3 Å². The molecule has 0 aliphatic carbocycles. The predicted octanol–water partition coefficient (Wildman–Crippen LogP) is 4.99. The number of amides is 3. The lowest BCUT2D eigenvalue weighted by molar-refractivity contribution is -0.126. The van der Waals surface area contributed by atoms with Gasteiger partial charge >= 0.3 is 0 Å². The molecule has 1 fully saturated rings. The van der Waals surface area contributed by atoms with Crippen molar-refractivity contribution in [2.75, 3.05) is 23.4 Å². The zero-order valence-corrected chi connectivity index (χ0v) is 21.1. The Hall–Kier alpha value is -3.55. The zero-order valence-electron chi connectivity index (χ0n) is 19.6. The number of halogens is 2. The quantitative estimate of drug-likeness (QED) is 0.433. The van der Waals surface area contributed by atoms with E-state index in [2.05, 4.69) is 10.6 Å². The van der Waals surface area contributed by atoms with Gasteiger partial charge in [0.1, 0.15) is 5.75 Å². The number of ether oxygens (including phenoxy) is 1. The molecule has 0 spiro atoms. The van der Waals surface area contributed by atoms with Gasteiger partial charge in [-0.1, -0.05) is 41.4 Å². The summed E-state index contributed by atoms with van der Waals surface area (Å²) in [5.41, 5.74) is 3.11. The minimum absolute atomic E-state index is 0.119. The molecule has 4 rings (SSSR count). The third-order valence-corrected chi connectivity index (χ3v) is 6.51. The number of anilines is 2. The molecule has 0 unspecified atom stereocenters. The molecule has 186 valence electrons. The first kappa shape index (κ1) is 25.5. The third-order valence-electron chi connectivity index (χ3n) is 5.85. The summed E-state index contributed by atoms with van der Waals surface area (Å²) in [6, 6.07) is 19.4. The Bertz CT molecular complexity index is 1260. The van der Waals surface area contributed by atoms with Gasteiger partial charge in [-0.25, -0.2) is 0 Å². The average Bonchev–Trinajstić information content (AvgIpc) is 3.26. The summed E-state index contributed by atoms with van der Waals surface area (Å²) >= 11 is 12.0. The molecule has 3 aromatic carbocycles. The maximum Gasteiger partial charge on any atom is 0.262 e. The topological polar surface area (TPSA) is 87.7 Å². The van der Waals surface area contributed by atoms with E-state index in [1.165, 1.54) is 0 Å². The number of nitrogens with zero attached hydrogens (tertiary/aromatic N) is 1. The lowest BCUT2D eigenvalue weighted by Crippen LogP contribution is -2.32. The Morgan fingerprint density at radius 1 is 1.03 bits per heavy atom. The summed E-state index contributed by atoms with van der Waals surface area (Å²) < 4.78 is 5.56. The molecule has 3 aromatic rings. The molecule has 1 heterocycles. The Balaban J connectivity index is 1.26. The Morgan fingerprint density at radius 3 is 2.44 bits per heavy atom. The van der Waals surface area contributed by atoms with Crippen LogP contribution >= 0.6 is 23.2 Å². The van der Waals surface area contributed by atoms with Gasteiger partial charge in [0.05, 0.1) is 5.92 Å². The largest absolute Gasteiger partial charge is 0.484 e. The van der Waals surface area contributed by atoms with Crippen molar-refractivity contribution in [3.05, 3.63) is 87.9 Å². The van der Waals surface area contributed by atoms with Crippen LogP contribution in [0.4, 0.5) is 11.4 Å². The van der Waals surface area contributed by atoms with Crippen LogP contribution in [0.15, 0.2) is 66.7 Å². The molecular weight excluding hydrogens is 501 g/mol. The van der Waals surface area contributed by atoms with Crippen molar-refractivity contribution < 1.29 is 19.1 Å². The molecule has 0 aromatic heterocycles. The highest BCUT2D eigenvalue weighted by Crippen LogP contribution is 2.27. The fourth-order valence-corrected chi connectivity index (χ4v) is 4.11. The van der Waals surface area contributed by atoms with Gasteiger partial charge in [-0.05, 0) is 66.6 Å². The highest BCUT2D eigenvalue weighted by atomic mass is 35.5. The molecule has 2 N–H and O–H groups in total. The van der Waals surface area contributed by atoms with Crippen molar-refractivity contribution in [3.8, 4) is 5.75 Å². The fraction of sp³-hybridized carbons (Fsp3) is 0.222. The van der Waals surface area contributed by atoms with Crippen LogP contribution in [0.3, 0.4) is 0 Å². The number of benzene rings is 3. The molecule has 9 heteroatoms. The van der Waals surface area contributed by atoms with Crippen LogP contribution in [0.1, 0.15) is 17.5 Å². The highest BCUT2D eigenvalue weighted by molar-refractivity contribution is 6.31. The maximum atomic E-state index is 12.6. The Morgan fingerprint density at radius 2 is 1.75 bits per heavy atom. The first-order chi connectivity index (χ1) is 17.3. The van der Waals surface area contributed by atoms with Gasteiger partial charge in [0.15, 0.2) is 6.61 Å². The minimum Gasteiger partial charge on any atom is -0.484 e. The number of rotatable bonds is 8. The van der Waals surface area contributed by atoms with E-state index < -0.39 is 5.92 Å². The molecule has 0 radical (unpaired) electrons. The summed E-state index contributed by atoms with van der Waals surface area (Å²) in [6.45, 7) is 2.38. The van der Waals surface area contributed by atoms with Gasteiger partial charge in [0.25, 0.3) is 5.91 Å². The van der Waals surface area contributed by atoms with E-state index in [0.717, 1.165) is 11.1 Å². The second-order valence-electron chi connectivity index (χ2n) is 8.54. The molecule has 36 heavy (non-hydrogen) atoms. The lowest BCUT2D eigenvalue weighted by atomic mass is 10.1. The summed E-state index contributed by atoms with van der Waals surface area (Å²) in [7, 11) is 0. The first-order valence-corrected chi connectivity index (χ1v) is 12.2. The van der Waals surface area contributed by atoms with Gasteiger partial charge in [-0.3, -0.25) is 14.4 Å². The molecule has 0 saturated carbocycles. The van der Waals surface area contributed by atoms with E-state index in [-0.39, 0.29) is 30.7 Å². The summed E-state index contributed by atoms with van der Waals surface area (Å²) in [6.07, 6.45) is 0.147. The summed E-state index contributed by atoms with van der Waals surface area (Å²) in [5, 5.41) is 6.83. The SMILES string of the molecule is Cc1ccc(NC(=O)COc2ccc(N3C[C@H](C(=O)NCc4ccc(Cl)cc4)CC3=O)cc2)cc1Cl. The van der Waals surface area contributed by atoms with Crippen molar-refractivity contribution in [1.82, 2.24) is 5.32 Å². The van der Waals surface area contributed by atoms with Crippen LogP contribution in [0.25, 0.3) is 0 Å². The lowest BCUT2D eigenvalue weighted by Gasteiger charge is -2.17. The van der Waals surface area contributed by atoms with E-state index in [0.29, 0.717) is 40.3 Å². The normalized spacial score (nSPS) is 15.0. The van der Waals surface area contributed by atoms with Gasteiger partial charge in [-0.2, -0.15) is 0 Å². The molecule has 1 aliphatic rings. The van der Waals surface area contributed by atoms with Crippen LogP contribution in [0, 0.1) is 12.8 Å². The molecule has 3 amide bonds. The smallest absolute Gasteiger partial charge is 0.262 e. The number of hydrogen-bond acceptors (Lipinski definition) is 4. The van der Waals surface area contributed by atoms with Crippen LogP contribution in [0.2, 0.25) is 10.0 Å². The van der Waals surface area contributed by atoms with Crippen LogP contribution in [-0.2, 0) is 20.9 Å². The number of carbonyl (C=O) groups is 3. The second kappa shape index (κ2) is 11.5. The summed E-state index contributed by atoms with van der Waals surface area (Å²) in [4.78, 5) is 38.9. The van der Waals surface area contributed by atoms with E-state index in [1.54, 1.807) is 53.4 Å². The van der Waals surface area contributed by atoms with Gasteiger partial charge in [0, 0.05) is 40.9 Å². The van der Waals surface area contributed by atoms with E-state index in [4.69, 9.17) is 27.9 Å². The van der Waals surface area contributed by atoms with Crippen LogP contribution in [0.5, 0.6) is 5.75 Å². The first-order valence-electron chi connectivity index (χ1n) is 11.4. The minimum atomic E-state index is -0.431. The van der Waals surface area contributed by atoms with Crippen molar-refractivity contribution in [3.63, 3.8) is 0 Å². The van der Waals surface area contributed by atoms with Crippen molar-refractivity contribution in [2.24, 2.45) is 5.92 Å². The number of carbonyl (C=O) groups excluding carboxylic acids is 3. The monoisotopic (exact) mass is 525 g/mol. The number of nitrogens with one attached hydrogen (secondary N) is 2. The van der Waals surface area contributed by atoms with Crippen LogP contribution in [-0.4, -0.2) is 30.9 Å². The molecule has 0 bridgehead atoms. The standard InChI is InChI=1S/C27H25Cl2N3O4/c1-17-2-7-21(13-24(17)29)31-25(33)16-36-23-10-8-22(9-11-23)32-15-19(12-26(32)34)27(35)30-14-18-3-5-20(28)6-4-18/h2-11,13,19H,12,14-16H2,1H3,(H,30,35)(H,31,33)/t19-/m1/s1. The van der Waals surface area contributed by atoms with Crippen molar-refractivity contribution >= 4 is 52.3 Å². The van der Waals surface area contributed by atoms with Gasteiger partial charge in [0.2, 0.25) is 11.8 Å². The van der Waals surface area contributed by atoms with Crippen LogP contribution < -0.4 is 20.3 Å². The number of hydrogen-bond donors (Lipinski definition) is 2. The molecule has 1 saturated heterocycles. The second-order valence-corrected chi connectivity index (χ2v) is 9.39. The molecule has 7 nitrogen and oxygen atoms in total. The van der Waals surface area contributed by atoms with E-state index >= 15 is 0 Å². The predicted molar refractivity (Wildman–Crippen MR) is 141 cm³/mol. The van der Waals surface area contributed by atoms with Crippen molar-refractivity contribution in [1.29, 1.82) is 0 Å². The number of aryl methyl sites for hydroxylation is 1. The average molecular weight is 526 g/mol. The summed E-state index contributed by atoms with van der Waals surface area (Å²) in [5.74, 6) is -0.548. The van der Waals surface area contributed by atoms with E-state index in [1.807, 2.05) is 25.1 Å².